The maximum atomic E-state index is 10.5. The van der Waals surface area contributed by atoms with Gasteiger partial charge in [-0.3, -0.25) is 10.1 Å². The van der Waals surface area contributed by atoms with Crippen LogP contribution < -0.4 is 5.73 Å². The highest BCUT2D eigenvalue weighted by Gasteiger charge is 2.11. The highest BCUT2D eigenvalue weighted by molar-refractivity contribution is 5.60. The molecule has 6 nitrogen and oxygen atoms in total. The molecule has 0 aliphatic heterocycles. The normalized spacial score (nSPS) is 10.1. The highest BCUT2D eigenvalue weighted by atomic mass is 16.6. The summed E-state index contributed by atoms with van der Waals surface area (Å²) in [7, 11) is 0. The average molecular weight is 204 g/mol. The van der Waals surface area contributed by atoms with Crippen LogP contribution in [0, 0.1) is 21.4 Å². The average Bonchev–Trinajstić information content (AvgIpc) is 2.20. The largest absolute Gasteiger partial charge is 0.378 e. The molecule has 0 fully saturated rings. The Morgan fingerprint density at radius 3 is 3.07 bits per heavy atom. The number of allylic oxidation sites excluding steroid dienone is 1. The van der Waals surface area contributed by atoms with Crippen LogP contribution in [0.25, 0.3) is 6.08 Å². The van der Waals surface area contributed by atoms with Gasteiger partial charge in [0.25, 0.3) is 0 Å². The van der Waals surface area contributed by atoms with E-state index in [9.17, 15) is 10.1 Å². The van der Waals surface area contributed by atoms with E-state index in [-0.39, 0.29) is 17.9 Å². The summed E-state index contributed by atoms with van der Waals surface area (Å²) in [4.78, 5) is 13.6. The maximum Gasteiger partial charge on any atom is 0.311 e. The second-order valence-corrected chi connectivity index (χ2v) is 2.69. The molecule has 0 amide bonds. The molecule has 1 heterocycles. The zero-order valence-corrected chi connectivity index (χ0v) is 7.75. The minimum absolute atomic E-state index is 0.113. The lowest BCUT2D eigenvalue weighted by Crippen LogP contribution is -1.98. The molecule has 6 heteroatoms. The third kappa shape index (κ3) is 2.77. The topological polar surface area (TPSA) is 106 Å². The lowest BCUT2D eigenvalue weighted by Gasteiger charge is -1.97. The molecule has 0 unspecified atom stereocenters. The van der Waals surface area contributed by atoms with Crippen molar-refractivity contribution in [3.63, 3.8) is 0 Å². The molecule has 15 heavy (non-hydrogen) atoms. The van der Waals surface area contributed by atoms with Crippen molar-refractivity contribution in [3.8, 4) is 6.07 Å². The molecule has 0 atom stereocenters. The van der Waals surface area contributed by atoms with E-state index in [0.717, 1.165) is 0 Å². The fourth-order valence-electron chi connectivity index (χ4n) is 0.964. The van der Waals surface area contributed by atoms with Crippen LogP contribution in [0.4, 0.5) is 11.5 Å². The van der Waals surface area contributed by atoms with Gasteiger partial charge in [-0.1, -0.05) is 12.2 Å². The van der Waals surface area contributed by atoms with Crippen LogP contribution in [-0.2, 0) is 0 Å². The van der Waals surface area contributed by atoms with E-state index in [1.807, 2.05) is 6.07 Å². The van der Waals surface area contributed by atoms with Crippen molar-refractivity contribution in [2.24, 2.45) is 0 Å². The zero-order valence-electron chi connectivity index (χ0n) is 7.75. The third-order valence-electron chi connectivity index (χ3n) is 1.63. The first-order chi connectivity index (χ1) is 7.15. The first-order valence-corrected chi connectivity index (χ1v) is 4.08. The van der Waals surface area contributed by atoms with E-state index in [4.69, 9.17) is 11.0 Å². The smallest absolute Gasteiger partial charge is 0.311 e. The van der Waals surface area contributed by atoms with Gasteiger partial charge < -0.3 is 5.73 Å². The summed E-state index contributed by atoms with van der Waals surface area (Å²) < 4.78 is 0. The minimum Gasteiger partial charge on any atom is -0.378 e. The molecular weight excluding hydrogens is 196 g/mol. The van der Waals surface area contributed by atoms with E-state index >= 15 is 0 Å². The van der Waals surface area contributed by atoms with Gasteiger partial charge in [0.2, 0.25) is 5.82 Å². The van der Waals surface area contributed by atoms with Gasteiger partial charge in [-0.2, -0.15) is 5.26 Å². The van der Waals surface area contributed by atoms with Crippen LogP contribution in [0.15, 0.2) is 18.3 Å². The minimum atomic E-state index is -0.593. The summed E-state index contributed by atoms with van der Waals surface area (Å²) in [6, 6.07) is 3.24. The van der Waals surface area contributed by atoms with Crippen LogP contribution >= 0.6 is 0 Å². The summed E-state index contributed by atoms with van der Waals surface area (Å²) in [5.41, 5.74) is 5.64. The Labute approximate surface area is 85.8 Å². The number of nitrogens with two attached hydrogens (primary N) is 1. The number of rotatable bonds is 3. The highest BCUT2D eigenvalue weighted by Crippen LogP contribution is 2.20. The molecule has 2 N–H and O–H groups in total. The molecule has 0 aromatic carbocycles. The van der Waals surface area contributed by atoms with Crippen molar-refractivity contribution in [1.29, 1.82) is 5.26 Å². The van der Waals surface area contributed by atoms with Crippen LogP contribution in [-0.4, -0.2) is 9.91 Å². The number of aromatic nitrogens is 1. The van der Waals surface area contributed by atoms with Gasteiger partial charge in [0.15, 0.2) is 0 Å². The Hall–Kier alpha value is -2.42. The van der Waals surface area contributed by atoms with Gasteiger partial charge in [-0.25, -0.2) is 4.98 Å². The van der Waals surface area contributed by atoms with E-state index in [2.05, 4.69) is 4.98 Å². The van der Waals surface area contributed by atoms with Crippen LogP contribution in [0.1, 0.15) is 12.0 Å². The summed E-state index contributed by atoms with van der Waals surface area (Å²) in [5.74, 6) is -0.113. The molecule has 76 valence electrons. The van der Waals surface area contributed by atoms with Gasteiger partial charge in [0.05, 0.1) is 17.4 Å². The summed E-state index contributed by atoms with van der Waals surface area (Å²) in [5, 5.41) is 18.8. The summed E-state index contributed by atoms with van der Waals surface area (Å²) in [6.07, 6.45) is 4.84. The van der Waals surface area contributed by atoms with E-state index < -0.39 is 4.92 Å². The first-order valence-electron chi connectivity index (χ1n) is 4.08. The van der Waals surface area contributed by atoms with Crippen molar-refractivity contribution in [2.45, 2.75) is 6.42 Å². The van der Waals surface area contributed by atoms with E-state index in [1.165, 1.54) is 12.3 Å². The van der Waals surface area contributed by atoms with Crippen LogP contribution in [0.5, 0.6) is 0 Å². The van der Waals surface area contributed by atoms with Crippen molar-refractivity contribution >= 4 is 17.6 Å². The Morgan fingerprint density at radius 2 is 2.47 bits per heavy atom. The Bertz CT molecular complexity index is 448. The lowest BCUT2D eigenvalue weighted by molar-refractivity contribution is -0.384. The van der Waals surface area contributed by atoms with Gasteiger partial charge in [0, 0.05) is 12.3 Å². The number of nitro groups is 1. The standard InChI is InChI=1S/C9H8N4O2/c10-4-2-1-3-7-5-8(13(14)15)9(11)12-6-7/h1,3,5-6H,2H2,(H2,11,12). The second kappa shape index (κ2) is 4.72. The summed E-state index contributed by atoms with van der Waals surface area (Å²) >= 11 is 0. The lowest BCUT2D eigenvalue weighted by atomic mass is 10.2. The van der Waals surface area contributed by atoms with E-state index in [1.54, 1.807) is 12.2 Å². The predicted octanol–water partition coefficient (Wildman–Crippen LogP) is 1.50. The van der Waals surface area contributed by atoms with Crippen LogP contribution in [0.2, 0.25) is 0 Å². The predicted molar refractivity (Wildman–Crippen MR) is 54.6 cm³/mol. The molecule has 0 saturated heterocycles. The number of nitriles is 1. The zero-order chi connectivity index (χ0) is 11.3. The van der Waals surface area contributed by atoms with Crippen molar-refractivity contribution in [1.82, 2.24) is 4.98 Å². The van der Waals surface area contributed by atoms with Crippen molar-refractivity contribution in [3.05, 3.63) is 34.0 Å². The molecule has 0 bridgehead atoms. The molecule has 0 spiro atoms. The fourth-order valence-corrected chi connectivity index (χ4v) is 0.964. The number of nitrogen functional groups attached to an aromatic ring is 1. The van der Waals surface area contributed by atoms with Crippen LogP contribution in [0.3, 0.4) is 0 Å². The maximum absolute atomic E-state index is 10.5. The number of pyridine rings is 1. The van der Waals surface area contributed by atoms with Crippen molar-refractivity contribution in [2.75, 3.05) is 5.73 Å². The Morgan fingerprint density at radius 1 is 1.73 bits per heavy atom. The third-order valence-corrected chi connectivity index (χ3v) is 1.63. The number of anilines is 1. The first kappa shape index (κ1) is 10.7. The Kier molecular flexibility index (Phi) is 3.35. The molecule has 1 aromatic heterocycles. The monoisotopic (exact) mass is 204 g/mol. The van der Waals surface area contributed by atoms with E-state index in [0.29, 0.717) is 5.56 Å². The van der Waals surface area contributed by atoms with Gasteiger partial charge in [-0.15, -0.1) is 0 Å². The number of hydrogen-bond donors (Lipinski definition) is 1. The quantitative estimate of drug-likeness (QED) is 0.593. The van der Waals surface area contributed by atoms with Gasteiger partial charge in [-0.05, 0) is 5.56 Å². The van der Waals surface area contributed by atoms with Gasteiger partial charge in [0.1, 0.15) is 0 Å². The number of nitrogens with zero attached hydrogens (tertiary/aromatic N) is 3. The van der Waals surface area contributed by atoms with Gasteiger partial charge >= 0.3 is 5.69 Å². The Balaban J connectivity index is 2.98. The summed E-state index contributed by atoms with van der Waals surface area (Å²) in [6.45, 7) is 0. The molecule has 0 aliphatic rings. The molecule has 0 saturated carbocycles. The molecule has 1 aromatic rings. The second-order valence-electron chi connectivity index (χ2n) is 2.69. The number of hydrogen-bond acceptors (Lipinski definition) is 5. The van der Waals surface area contributed by atoms with Crippen molar-refractivity contribution < 1.29 is 4.92 Å². The molecule has 0 radical (unpaired) electrons. The molecule has 0 aliphatic carbocycles. The molecular formula is C9H8N4O2. The fraction of sp³-hybridized carbons (Fsp3) is 0.111. The molecule has 1 rings (SSSR count). The SMILES string of the molecule is N#CCC=Cc1cnc(N)c([N+](=O)[O-])c1.